The van der Waals surface area contributed by atoms with E-state index in [9.17, 15) is 4.79 Å². The second-order valence-corrected chi connectivity index (χ2v) is 6.46. The van der Waals surface area contributed by atoms with E-state index >= 15 is 0 Å². The van der Waals surface area contributed by atoms with Crippen LogP contribution in [0.2, 0.25) is 0 Å². The lowest BCUT2D eigenvalue weighted by Gasteiger charge is -2.07. The number of amides is 1. The fourth-order valence-corrected chi connectivity index (χ4v) is 3.30. The molecule has 0 aliphatic carbocycles. The molecule has 3 heterocycles. The molecular formula is C18H16N6OS. The topological polar surface area (TPSA) is 77.1 Å². The Bertz CT molecular complexity index is 1060. The monoisotopic (exact) mass is 364 g/mol. The second kappa shape index (κ2) is 7.01. The van der Waals surface area contributed by atoms with Crippen molar-refractivity contribution in [2.75, 3.05) is 11.6 Å². The van der Waals surface area contributed by atoms with Crippen molar-refractivity contribution >= 4 is 29.3 Å². The summed E-state index contributed by atoms with van der Waals surface area (Å²) in [5.41, 5.74) is 2.85. The summed E-state index contributed by atoms with van der Waals surface area (Å²) >= 11 is 1.70. The predicted octanol–water partition coefficient (Wildman–Crippen LogP) is 2.95. The first-order valence-corrected chi connectivity index (χ1v) is 9.22. The third-order valence-corrected chi connectivity index (χ3v) is 4.66. The normalized spacial score (nSPS) is 11.0. The second-order valence-electron chi connectivity index (χ2n) is 5.61. The molecule has 0 saturated carbocycles. The largest absolute Gasteiger partial charge is 0.292 e. The molecule has 0 unspecified atom stereocenters. The maximum Gasteiger partial charge on any atom is 0.249 e. The third kappa shape index (κ3) is 3.31. The van der Waals surface area contributed by atoms with Gasteiger partial charge in [-0.15, -0.1) is 16.9 Å². The van der Waals surface area contributed by atoms with E-state index in [1.54, 1.807) is 39.4 Å². The van der Waals surface area contributed by atoms with Crippen LogP contribution in [0.15, 0.2) is 66.0 Å². The Labute approximate surface area is 154 Å². The van der Waals surface area contributed by atoms with Gasteiger partial charge in [0.05, 0.1) is 0 Å². The van der Waals surface area contributed by atoms with E-state index < -0.39 is 0 Å². The molecule has 1 N–H and O–H groups in total. The highest BCUT2D eigenvalue weighted by Crippen LogP contribution is 2.29. The first kappa shape index (κ1) is 16.3. The number of thioether (sulfide) groups is 1. The summed E-state index contributed by atoms with van der Waals surface area (Å²) in [6.45, 7) is 0.120. The standard InChI is InChI=1S/C18H16N6OS/c1-26-15-6-3-2-5-14(15)13-7-8-16-20-18(22-24(16)11-13)21-17(25)12-23-10-4-9-19-23/h2-11H,12H2,1H3,(H,21,22,25). The Balaban J connectivity index is 1.59. The van der Waals surface area contributed by atoms with Gasteiger partial charge in [0.2, 0.25) is 11.9 Å². The van der Waals surface area contributed by atoms with Gasteiger partial charge in [-0.1, -0.05) is 18.2 Å². The number of anilines is 1. The zero-order valence-electron chi connectivity index (χ0n) is 14.0. The Kier molecular flexibility index (Phi) is 4.40. The maximum absolute atomic E-state index is 12.1. The van der Waals surface area contributed by atoms with Gasteiger partial charge in [0.25, 0.3) is 0 Å². The average molecular weight is 364 g/mol. The van der Waals surface area contributed by atoms with Crippen LogP contribution in [-0.2, 0) is 11.3 Å². The van der Waals surface area contributed by atoms with Crippen LogP contribution in [0.25, 0.3) is 16.8 Å². The summed E-state index contributed by atoms with van der Waals surface area (Å²) in [6.07, 6.45) is 7.33. The van der Waals surface area contributed by atoms with Crippen molar-refractivity contribution in [2.24, 2.45) is 0 Å². The first-order chi connectivity index (χ1) is 12.7. The van der Waals surface area contributed by atoms with Crippen molar-refractivity contribution < 1.29 is 4.79 Å². The van der Waals surface area contributed by atoms with E-state index in [0.29, 0.717) is 5.65 Å². The highest BCUT2D eigenvalue weighted by molar-refractivity contribution is 7.98. The molecule has 1 amide bonds. The minimum absolute atomic E-state index is 0.120. The molecule has 0 atom stereocenters. The van der Waals surface area contributed by atoms with Gasteiger partial charge in [-0.25, -0.2) is 4.52 Å². The lowest BCUT2D eigenvalue weighted by atomic mass is 10.1. The van der Waals surface area contributed by atoms with Crippen LogP contribution in [0.1, 0.15) is 0 Å². The first-order valence-electron chi connectivity index (χ1n) is 8.00. The van der Waals surface area contributed by atoms with Gasteiger partial charge in [0, 0.05) is 29.0 Å². The third-order valence-electron chi connectivity index (χ3n) is 3.86. The Morgan fingerprint density at radius 1 is 1.19 bits per heavy atom. The quantitative estimate of drug-likeness (QED) is 0.551. The summed E-state index contributed by atoms with van der Waals surface area (Å²) in [5.74, 6) is 0.0509. The number of hydrogen-bond acceptors (Lipinski definition) is 5. The SMILES string of the molecule is CSc1ccccc1-c1ccc2nc(NC(=O)Cn3cccn3)nn2c1. The van der Waals surface area contributed by atoms with Crippen LogP contribution in [0.5, 0.6) is 0 Å². The van der Waals surface area contributed by atoms with Crippen LogP contribution in [0.3, 0.4) is 0 Å². The number of benzene rings is 1. The summed E-state index contributed by atoms with van der Waals surface area (Å²) < 4.78 is 3.22. The number of nitrogens with one attached hydrogen (secondary N) is 1. The number of rotatable bonds is 5. The Morgan fingerprint density at radius 3 is 2.88 bits per heavy atom. The van der Waals surface area contributed by atoms with Crippen molar-refractivity contribution in [1.29, 1.82) is 0 Å². The predicted molar refractivity (Wildman–Crippen MR) is 101 cm³/mol. The van der Waals surface area contributed by atoms with Crippen molar-refractivity contribution in [3.63, 3.8) is 0 Å². The molecule has 130 valence electrons. The minimum atomic E-state index is -0.224. The van der Waals surface area contributed by atoms with Crippen molar-refractivity contribution in [3.8, 4) is 11.1 Å². The molecule has 0 aliphatic rings. The van der Waals surface area contributed by atoms with Gasteiger partial charge in [-0.3, -0.25) is 14.8 Å². The van der Waals surface area contributed by atoms with Crippen LogP contribution in [0.4, 0.5) is 5.95 Å². The molecule has 4 rings (SSSR count). The van der Waals surface area contributed by atoms with Crippen LogP contribution >= 0.6 is 11.8 Å². The van der Waals surface area contributed by atoms with Gasteiger partial charge in [-0.2, -0.15) is 10.1 Å². The molecule has 7 nitrogen and oxygen atoms in total. The smallest absolute Gasteiger partial charge is 0.249 e. The number of nitrogens with zero attached hydrogens (tertiary/aromatic N) is 5. The zero-order chi connectivity index (χ0) is 17.9. The molecule has 0 radical (unpaired) electrons. The maximum atomic E-state index is 12.1. The summed E-state index contributed by atoms with van der Waals surface area (Å²) in [6, 6.07) is 13.9. The van der Waals surface area contributed by atoms with Crippen molar-refractivity contribution in [2.45, 2.75) is 11.4 Å². The van der Waals surface area contributed by atoms with Crippen LogP contribution in [-0.4, -0.2) is 36.5 Å². The summed E-state index contributed by atoms with van der Waals surface area (Å²) in [7, 11) is 0. The number of carbonyl (C=O) groups is 1. The molecular weight excluding hydrogens is 348 g/mol. The number of pyridine rings is 1. The van der Waals surface area contributed by atoms with E-state index in [2.05, 4.69) is 38.9 Å². The minimum Gasteiger partial charge on any atom is -0.292 e. The van der Waals surface area contributed by atoms with Gasteiger partial charge >= 0.3 is 0 Å². The fourth-order valence-electron chi connectivity index (χ4n) is 2.68. The van der Waals surface area contributed by atoms with E-state index in [0.717, 1.165) is 11.1 Å². The fraction of sp³-hybridized carbons (Fsp3) is 0.111. The van der Waals surface area contributed by atoms with E-state index in [4.69, 9.17) is 0 Å². The number of fused-ring (bicyclic) bond motifs is 1. The molecule has 0 aliphatic heterocycles. The van der Waals surface area contributed by atoms with Crippen LogP contribution < -0.4 is 5.32 Å². The lowest BCUT2D eigenvalue weighted by molar-refractivity contribution is -0.116. The van der Waals surface area contributed by atoms with Crippen molar-refractivity contribution in [1.82, 2.24) is 24.4 Å². The summed E-state index contributed by atoms with van der Waals surface area (Å²) in [5, 5.41) is 11.1. The van der Waals surface area contributed by atoms with Gasteiger partial charge < -0.3 is 0 Å². The molecule has 0 bridgehead atoms. The molecule has 0 fully saturated rings. The Morgan fingerprint density at radius 2 is 2.08 bits per heavy atom. The molecule has 1 aromatic carbocycles. The van der Waals surface area contributed by atoms with Gasteiger partial charge in [0.15, 0.2) is 5.65 Å². The highest BCUT2D eigenvalue weighted by atomic mass is 32.2. The molecule has 0 spiro atoms. The van der Waals surface area contributed by atoms with E-state index in [1.807, 2.05) is 30.5 Å². The molecule has 0 saturated heterocycles. The van der Waals surface area contributed by atoms with E-state index in [1.165, 1.54) is 4.90 Å². The van der Waals surface area contributed by atoms with Gasteiger partial charge in [0.1, 0.15) is 6.54 Å². The lowest BCUT2D eigenvalue weighted by Crippen LogP contribution is -2.19. The molecule has 3 aromatic heterocycles. The van der Waals surface area contributed by atoms with E-state index in [-0.39, 0.29) is 18.4 Å². The Hall–Kier alpha value is -3.13. The van der Waals surface area contributed by atoms with Crippen LogP contribution in [0, 0.1) is 0 Å². The number of aromatic nitrogens is 5. The average Bonchev–Trinajstić information content (AvgIpc) is 3.29. The number of hydrogen-bond donors (Lipinski definition) is 1. The summed E-state index contributed by atoms with van der Waals surface area (Å²) in [4.78, 5) is 17.6. The zero-order valence-corrected chi connectivity index (χ0v) is 14.8. The van der Waals surface area contributed by atoms with Crippen molar-refractivity contribution in [3.05, 3.63) is 61.1 Å². The highest BCUT2D eigenvalue weighted by Gasteiger charge is 2.10. The molecule has 8 heteroatoms. The molecule has 4 aromatic rings. The molecule has 26 heavy (non-hydrogen) atoms. The number of carbonyl (C=O) groups excluding carboxylic acids is 1. The van der Waals surface area contributed by atoms with Gasteiger partial charge in [-0.05, 0) is 36.1 Å².